The summed E-state index contributed by atoms with van der Waals surface area (Å²) >= 11 is 0. The minimum atomic E-state index is -4.70. The Labute approximate surface area is 194 Å². The van der Waals surface area contributed by atoms with Crippen LogP contribution in [0, 0.1) is 6.92 Å². The largest absolute Gasteiger partial charge is 0.505 e. The summed E-state index contributed by atoms with van der Waals surface area (Å²) < 4.78 is 43.6. The van der Waals surface area contributed by atoms with Crippen molar-refractivity contribution in [1.29, 1.82) is 0 Å². The van der Waals surface area contributed by atoms with Gasteiger partial charge in [0.05, 0.1) is 29.0 Å². The molecule has 0 saturated heterocycles. The van der Waals surface area contributed by atoms with Gasteiger partial charge in [-0.3, -0.25) is 14.4 Å². The molecule has 0 saturated carbocycles. The van der Waals surface area contributed by atoms with Crippen LogP contribution in [-0.2, 0) is 12.7 Å². The van der Waals surface area contributed by atoms with E-state index in [1.54, 1.807) is 0 Å². The van der Waals surface area contributed by atoms with Crippen molar-refractivity contribution in [1.82, 2.24) is 4.90 Å². The maximum atomic E-state index is 12.8. The van der Waals surface area contributed by atoms with Crippen molar-refractivity contribution < 1.29 is 27.5 Å². The fraction of sp³-hybridized carbons (Fsp3) is 0.348. The molecule has 3 rings (SSSR count). The SMILES string of the molecule is CC.CNc1ccc(C(F)(F)F)c(C(=O)N(C)C)c1O.Cc1ccc(CNc2cc(=O)c2=O)o1. The van der Waals surface area contributed by atoms with Gasteiger partial charge in [-0.15, -0.1) is 0 Å². The molecule has 8 nitrogen and oxygen atoms in total. The van der Waals surface area contributed by atoms with Gasteiger partial charge in [0.15, 0.2) is 5.75 Å². The Morgan fingerprint density at radius 2 is 1.71 bits per heavy atom. The Morgan fingerprint density at radius 3 is 2.12 bits per heavy atom. The number of phenols is 1. The highest BCUT2D eigenvalue weighted by atomic mass is 19.4. The number of furan rings is 1. The van der Waals surface area contributed by atoms with E-state index in [1.807, 2.05) is 32.9 Å². The first-order valence-electron chi connectivity index (χ1n) is 10.3. The maximum absolute atomic E-state index is 12.8. The number of phenolic OH excluding ortho intramolecular Hbond substituents is 1. The molecule has 1 amide bonds. The second kappa shape index (κ2) is 11.9. The van der Waals surface area contributed by atoms with Gasteiger partial charge in [0.1, 0.15) is 11.5 Å². The van der Waals surface area contributed by atoms with Crippen LogP contribution in [0.4, 0.5) is 24.5 Å². The highest BCUT2D eigenvalue weighted by Gasteiger charge is 2.38. The molecule has 0 fully saturated rings. The monoisotopic (exact) mass is 483 g/mol. The van der Waals surface area contributed by atoms with E-state index in [0.29, 0.717) is 12.2 Å². The second-order valence-electron chi connectivity index (χ2n) is 6.95. The number of nitrogens with zero attached hydrogens (tertiary/aromatic N) is 1. The summed E-state index contributed by atoms with van der Waals surface area (Å²) in [5, 5.41) is 15.1. The standard InChI is InChI=1S/C11H13F3N2O2.C10H9NO3.C2H6/c1-15-7-5-4-6(11(12,13)14)8(9(7)17)10(18)16(2)3;1-6-2-3-7(14-6)5-11-8-4-9(12)10(8)13;1-2/h4-5,15,17H,1-3H3;2-4,11H,5H2,1H3;1-2H3. The van der Waals surface area contributed by atoms with E-state index in [2.05, 4.69) is 10.6 Å². The third kappa shape index (κ3) is 6.87. The van der Waals surface area contributed by atoms with Gasteiger partial charge in [-0.05, 0) is 31.2 Å². The van der Waals surface area contributed by atoms with Crippen molar-refractivity contribution in [2.75, 3.05) is 31.8 Å². The number of carbonyl (C=O) groups is 1. The Bertz CT molecular complexity index is 1180. The summed E-state index contributed by atoms with van der Waals surface area (Å²) in [4.78, 5) is 34.2. The molecule has 2 aromatic carbocycles. The molecule has 0 spiro atoms. The number of carbonyl (C=O) groups excluding carboxylic acids is 1. The van der Waals surface area contributed by atoms with Crippen LogP contribution in [0.5, 0.6) is 5.75 Å². The van der Waals surface area contributed by atoms with Crippen LogP contribution in [0.25, 0.3) is 0 Å². The lowest BCUT2D eigenvalue weighted by molar-refractivity contribution is -0.138. The van der Waals surface area contributed by atoms with Crippen molar-refractivity contribution in [3.63, 3.8) is 0 Å². The molecule has 0 atom stereocenters. The van der Waals surface area contributed by atoms with E-state index in [4.69, 9.17) is 4.42 Å². The topological polar surface area (TPSA) is 112 Å². The number of hydrogen-bond donors (Lipinski definition) is 3. The number of amides is 1. The van der Waals surface area contributed by atoms with Crippen LogP contribution in [0.15, 0.2) is 44.3 Å². The molecule has 1 heterocycles. The van der Waals surface area contributed by atoms with Gasteiger partial charge in [-0.2, -0.15) is 13.2 Å². The second-order valence-corrected chi connectivity index (χ2v) is 6.95. The van der Waals surface area contributed by atoms with Crippen molar-refractivity contribution in [2.24, 2.45) is 0 Å². The molecular weight excluding hydrogens is 455 g/mol. The summed E-state index contributed by atoms with van der Waals surface area (Å²) in [5.41, 5.74) is -2.37. The van der Waals surface area contributed by atoms with Crippen LogP contribution in [0.1, 0.15) is 41.3 Å². The first-order valence-corrected chi connectivity index (χ1v) is 10.3. The number of hydrogen-bond acceptors (Lipinski definition) is 7. The first kappa shape index (κ1) is 28.3. The first-order chi connectivity index (χ1) is 15.9. The molecular formula is C23H28F3N3O5. The number of alkyl halides is 3. The smallest absolute Gasteiger partial charge is 0.417 e. The van der Waals surface area contributed by atoms with Crippen LogP contribution in [0.3, 0.4) is 0 Å². The average molecular weight is 483 g/mol. The quantitative estimate of drug-likeness (QED) is 0.372. The molecule has 186 valence electrons. The van der Waals surface area contributed by atoms with E-state index in [-0.39, 0.29) is 5.69 Å². The van der Waals surface area contributed by atoms with Gasteiger partial charge in [0.2, 0.25) is 10.9 Å². The van der Waals surface area contributed by atoms with Gasteiger partial charge in [-0.1, -0.05) is 13.8 Å². The summed E-state index contributed by atoms with van der Waals surface area (Å²) in [6.07, 6.45) is -4.70. The van der Waals surface area contributed by atoms with Gasteiger partial charge in [0, 0.05) is 27.2 Å². The molecule has 3 N–H and O–H groups in total. The summed E-state index contributed by atoms with van der Waals surface area (Å²) in [7, 11) is 4.06. The normalized spacial score (nSPS) is 10.5. The van der Waals surface area contributed by atoms with E-state index in [0.717, 1.165) is 28.6 Å². The Hall–Kier alpha value is -3.76. The van der Waals surface area contributed by atoms with Gasteiger partial charge in [-0.25, -0.2) is 0 Å². The third-order valence-corrected chi connectivity index (χ3v) is 4.37. The molecule has 11 heteroatoms. The zero-order valence-electron chi connectivity index (χ0n) is 19.8. The van der Waals surface area contributed by atoms with Crippen LogP contribution in [-0.4, -0.2) is 37.1 Å². The van der Waals surface area contributed by atoms with Gasteiger partial charge in [0.25, 0.3) is 5.91 Å². The molecule has 0 bridgehead atoms. The molecule has 0 radical (unpaired) electrons. The van der Waals surface area contributed by atoms with E-state index < -0.39 is 39.8 Å². The highest BCUT2D eigenvalue weighted by molar-refractivity contribution is 6.00. The van der Waals surface area contributed by atoms with Crippen molar-refractivity contribution >= 4 is 17.3 Å². The van der Waals surface area contributed by atoms with Gasteiger partial charge < -0.3 is 25.1 Å². The zero-order valence-corrected chi connectivity index (χ0v) is 19.8. The lowest BCUT2D eigenvalue weighted by Gasteiger charge is -2.18. The molecule has 0 aliphatic heterocycles. The highest BCUT2D eigenvalue weighted by Crippen LogP contribution is 2.39. The Kier molecular flexibility index (Phi) is 9.91. The lowest BCUT2D eigenvalue weighted by Crippen LogP contribution is -2.32. The number of benzene rings is 1. The molecule has 3 aromatic rings. The van der Waals surface area contributed by atoms with Crippen LogP contribution in [0.2, 0.25) is 0 Å². The predicted molar refractivity (Wildman–Crippen MR) is 124 cm³/mol. The average Bonchev–Trinajstić information content (AvgIpc) is 3.21. The number of nitrogens with one attached hydrogen (secondary N) is 2. The maximum Gasteiger partial charge on any atom is 0.417 e. The minimum Gasteiger partial charge on any atom is -0.505 e. The fourth-order valence-electron chi connectivity index (χ4n) is 2.68. The lowest BCUT2D eigenvalue weighted by atomic mass is 10.0. The summed E-state index contributed by atoms with van der Waals surface area (Å²) in [5.74, 6) is -0.0368. The molecule has 0 aliphatic rings. The van der Waals surface area contributed by atoms with Crippen molar-refractivity contribution in [3.05, 3.63) is 73.4 Å². The van der Waals surface area contributed by atoms with Gasteiger partial charge >= 0.3 is 6.18 Å². The summed E-state index contributed by atoms with van der Waals surface area (Å²) in [6, 6.07) is 6.80. The van der Waals surface area contributed by atoms with Crippen molar-refractivity contribution in [3.8, 4) is 5.75 Å². The van der Waals surface area contributed by atoms with Crippen molar-refractivity contribution in [2.45, 2.75) is 33.5 Å². The predicted octanol–water partition coefficient (Wildman–Crippen LogP) is 3.98. The zero-order chi connectivity index (χ0) is 26.2. The number of anilines is 2. The fourth-order valence-corrected chi connectivity index (χ4v) is 2.68. The molecule has 1 aromatic heterocycles. The van der Waals surface area contributed by atoms with E-state index in [9.17, 15) is 32.7 Å². The number of aryl methyl sites for hydroxylation is 1. The Morgan fingerprint density at radius 1 is 1.09 bits per heavy atom. The number of aromatic hydroxyl groups is 1. The number of halogens is 3. The molecule has 0 aliphatic carbocycles. The van der Waals surface area contributed by atoms with E-state index >= 15 is 0 Å². The Balaban J connectivity index is 0.000000324. The molecule has 0 unspecified atom stereocenters. The van der Waals surface area contributed by atoms with E-state index in [1.165, 1.54) is 27.2 Å². The van der Waals surface area contributed by atoms with Crippen LogP contribution >= 0.6 is 0 Å². The molecule has 34 heavy (non-hydrogen) atoms. The third-order valence-electron chi connectivity index (χ3n) is 4.37. The van der Waals surface area contributed by atoms with Crippen LogP contribution < -0.4 is 21.5 Å². The minimum absolute atomic E-state index is 0.0631. The number of rotatable bonds is 5. The summed E-state index contributed by atoms with van der Waals surface area (Å²) in [6.45, 7) is 6.28.